The van der Waals surface area contributed by atoms with Gasteiger partial charge in [0.1, 0.15) is 7.11 Å². The maximum Gasteiger partial charge on any atom is 0.234 e. The fourth-order valence-electron chi connectivity index (χ4n) is 6.04. The zero-order chi connectivity index (χ0) is 26.9. The molecule has 37 heavy (non-hydrogen) atoms. The Morgan fingerprint density at radius 3 is 2.68 bits per heavy atom. The molecule has 0 saturated carbocycles. The molecule has 2 bridgehead atoms. The number of carbonyl (C=O) groups is 1. The number of oxime groups is 1. The van der Waals surface area contributed by atoms with Gasteiger partial charge in [-0.15, -0.1) is 0 Å². The van der Waals surface area contributed by atoms with Crippen LogP contribution in [-0.4, -0.2) is 96.1 Å². The molecule has 7 nitrogen and oxygen atoms in total. The molecule has 3 rings (SSSR count). The highest BCUT2D eigenvalue weighted by atomic mass is 35.5. The molecule has 1 aromatic carbocycles. The average Bonchev–Trinajstić information content (AvgIpc) is 3.08. The highest BCUT2D eigenvalue weighted by Crippen LogP contribution is 2.48. The lowest BCUT2D eigenvalue weighted by atomic mass is 9.72. The van der Waals surface area contributed by atoms with Gasteiger partial charge in [-0.2, -0.15) is 25.3 Å². The van der Waals surface area contributed by atoms with Gasteiger partial charge in [0, 0.05) is 49.1 Å². The summed E-state index contributed by atoms with van der Waals surface area (Å²) in [5.74, 6) is 1.47. The van der Waals surface area contributed by atoms with Crippen molar-refractivity contribution in [1.29, 1.82) is 0 Å². The quantitative estimate of drug-likeness (QED) is 0.150. The number of fused-ring (bicyclic) bond motifs is 2. The Kier molecular flexibility index (Phi) is 12.7. The Labute approximate surface area is 242 Å². The number of hydrogen-bond acceptors (Lipinski definition) is 8. The van der Waals surface area contributed by atoms with Gasteiger partial charge >= 0.3 is 0 Å². The molecule has 0 radical (unpaired) electrons. The van der Waals surface area contributed by atoms with E-state index in [1.165, 1.54) is 0 Å². The first kappa shape index (κ1) is 30.9. The molecule has 2 aliphatic heterocycles. The van der Waals surface area contributed by atoms with Gasteiger partial charge < -0.3 is 15.3 Å². The summed E-state index contributed by atoms with van der Waals surface area (Å²) in [7, 11) is 1.57. The summed E-state index contributed by atoms with van der Waals surface area (Å²) in [5, 5.41) is 19.6. The van der Waals surface area contributed by atoms with E-state index in [2.05, 4.69) is 52.5 Å². The summed E-state index contributed by atoms with van der Waals surface area (Å²) < 4.78 is 0. The molecular formula is C26H40Cl2N4O3S2. The summed E-state index contributed by atoms with van der Waals surface area (Å²) in [6.07, 6.45) is 2.80. The molecular weight excluding hydrogens is 551 g/mol. The second kappa shape index (κ2) is 15.2. The summed E-state index contributed by atoms with van der Waals surface area (Å²) in [4.78, 5) is 22.1. The molecule has 2 heterocycles. The number of piperidine rings is 1. The van der Waals surface area contributed by atoms with Crippen LogP contribution >= 0.6 is 48.5 Å². The number of thiol groups is 2. The summed E-state index contributed by atoms with van der Waals surface area (Å²) in [5.41, 5.74) is 2.07. The minimum absolute atomic E-state index is 0.00324. The van der Waals surface area contributed by atoms with E-state index in [1.807, 2.05) is 18.2 Å². The van der Waals surface area contributed by atoms with Gasteiger partial charge in [-0.3, -0.25) is 14.6 Å². The number of rotatable bonds is 14. The van der Waals surface area contributed by atoms with Gasteiger partial charge in [0.15, 0.2) is 0 Å². The van der Waals surface area contributed by atoms with Crippen molar-refractivity contribution in [2.24, 2.45) is 11.1 Å². The van der Waals surface area contributed by atoms with Crippen molar-refractivity contribution >= 4 is 60.1 Å². The van der Waals surface area contributed by atoms with Crippen LogP contribution in [0.25, 0.3) is 0 Å². The smallest absolute Gasteiger partial charge is 0.234 e. The van der Waals surface area contributed by atoms with Crippen LogP contribution in [0.15, 0.2) is 23.4 Å². The zero-order valence-electron chi connectivity index (χ0n) is 21.7. The number of nitrogens with zero attached hydrogens (tertiary/aromatic N) is 3. The average molecular weight is 592 g/mol. The second-order valence-electron chi connectivity index (χ2n) is 9.77. The van der Waals surface area contributed by atoms with Crippen LogP contribution in [-0.2, 0) is 9.63 Å². The van der Waals surface area contributed by atoms with E-state index in [4.69, 9.17) is 28.0 Å². The molecule has 11 heteroatoms. The fraction of sp³-hybridized carbons (Fsp3) is 0.692. The normalized spacial score (nSPS) is 26.1. The molecule has 0 spiro atoms. The van der Waals surface area contributed by atoms with Crippen LogP contribution in [0.1, 0.15) is 44.1 Å². The summed E-state index contributed by atoms with van der Waals surface area (Å²) in [6, 6.07) is 6.04. The van der Waals surface area contributed by atoms with Crippen LogP contribution < -0.4 is 5.32 Å². The lowest BCUT2D eigenvalue weighted by Crippen LogP contribution is -2.53. The largest absolute Gasteiger partial charge is 0.399 e. The molecule has 2 N–H and O–H groups in total. The molecule has 2 aliphatic rings. The predicted molar refractivity (Wildman–Crippen MR) is 159 cm³/mol. The maximum absolute atomic E-state index is 12.2. The molecule has 208 valence electrons. The molecule has 5 atom stereocenters. The maximum atomic E-state index is 12.2. The number of aliphatic hydroxyl groups is 1. The van der Waals surface area contributed by atoms with Gasteiger partial charge in [0.2, 0.25) is 5.91 Å². The first-order valence-corrected chi connectivity index (χ1v) is 15.1. The third kappa shape index (κ3) is 7.93. The van der Waals surface area contributed by atoms with Crippen molar-refractivity contribution in [3.63, 3.8) is 0 Å². The van der Waals surface area contributed by atoms with Gasteiger partial charge in [0.25, 0.3) is 0 Å². The lowest BCUT2D eigenvalue weighted by Gasteiger charge is -2.45. The Hall–Kier alpha value is -0.680. The molecule has 2 fully saturated rings. The number of amides is 1. The Morgan fingerprint density at radius 1 is 1.24 bits per heavy atom. The van der Waals surface area contributed by atoms with Crippen molar-refractivity contribution < 1.29 is 14.7 Å². The molecule has 0 aromatic heterocycles. The van der Waals surface area contributed by atoms with Crippen LogP contribution in [0.2, 0.25) is 10.0 Å². The number of aliphatic hydroxyl groups excluding tert-OH is 1. The zero-order valence-corrected chi connectivity index (χ0v) is 25.0. The van der Waals surface area contributed by atoms with Crippen LogP contribution in [0.3, 0.4) is 0 Å². The number of benzene rings is 1. The van der Waals surface area contributed by atoms with Crippen molar-refractivity contribution in [3.8, 4) is 0 Å². The van der Waals surface area contributed by atoms with Gasteiger partial charge in [0.05, 0.1) is 28.4 Å². The second-order valence-corrected chi connectivity index (χ2v) is 11.5. The SMILES string of the molecule is CCC(=NOC)C1C(c2ccc(Cl)c(Cl)c2)CC2CC(O)C1N2CCCN(CCS)CC(=O)NCCS. The minimum atomic E-state index is -0.447. The predicted octanol–water partition coefficient (Wildman–Crippen LogP) is 3.98. The molecule has 0 aliphatic carbocycles. The first-order valence-electron chi connectivity index (χ1n) is 13.0. The first-order chi connectivity index (χ1) is 17.8. The van der Waals surface area contributed by atoms with E-state index in [9.17, 15) is 9.90 Å². The molecule has 2 saturated heterocycles. The number of hydrogen-bond donors (Lipinski definition) is 4. The van der Waals surface area contributed by atoms with Crippen molar-refractivity contribution in [2.45, 2.75) is 56.7 Å². The van der Waals surface area contributed by atoms with E-state index < -0.39 is 6.10 Å². The number of halogens is 2. The van der Waals surface area contributed by atoms with Gasteiger partial charge in [-0.05, 0) is 55.8 Å². The topological polar surface area (TPSA) is 77.4 Å². The molecule has 5 unspecified atom stereocenters. The lowest BCUT2D eigenvalue weighted by molar-refractivity contribution is -0.122. The Bertz CT molecular complexity index is 926. The third-order valence-corrected chi connectivity index (χ3v) is 8.69. The summed E-state index contributed by atoms with van der Waals surface area (Å²) >= 11 is 21.1. The Morgan fingerprint density at radius 2 is 2.03 bits per heavy atom. The van der Waals surface area contributed by atoms with E-state index in [0.29, 0.717) is 34.6 Å². The van der Waals surface area contributed by atoms with E-state index in [1.54, 1.807) is 7.11 Å². The number of nitrogens with one attached hydrogen (secondary N) is 1. The van der Waals surface area contributed by atoms with Crippen molar-refractivity contribution in [2.75, 3.05) is 51.3 Å². The highest BCUT2D eigenvalue weighted by molar-refractivity contribution is 7.80. The molecule has 1 aromatic rings. The van der Waals surface area contributed by atoms with Crippen LogP contribution in [0.5, 0.6) is 0 Å². The van der Waals surface area contributed by atoms with E-state index in [0.717, 1.165) is 56.6 Å². The van der Waals surface area contributed by atoms with Crippen molar-refractivity contribution in [3.05, 3.63) is 33.8 Å². The standard InChI is InChI=1S/C26H40Cl2N4O3S2/c1-3-22(30-35-2)25-19(17-5-6-20(27)21(28)13-17)14-18-15-23(33)26(25)32(18)9-4-8-31(10-12-37)16-24(34)29-7-11-36/h5-6,13,18-19,23,25-26,33,36-37H,3-4,7-12,14-16H2,1-2H3,(H,29,34). The van der Waals surface area contributed by atoms with Crippen LogP contribution in [0, 0.1) is 5.92 Å². The summed E-state index contributed by atoms with van der Waals surface area (Å²) in [6.45, 7) is 5.37. The van der Waals surface area contributed by atoms with Gasteiger partial charge in [-0.1, -0.05) is 41.3 Å². The van der Waals surface area contributed by atoms with E-state index in [-0.39, 0.29) is 29.8 Å². The van der Waals surface area contributed by atoms with E-state index >= 15 is 0 Å². The third-order valence-electron chi connectivity index (χ3n) is 7.52. The Balaban J connectivity index is 1.77. The minimum Gasteiger partial charge on any atom is -0.399 e. The van der Waals surface area contributed by atoms with Crippen LogP contribution in [0.4, 0.5) is 0 Å². The fourth-order valence-corrected chi connectivity index (χ4v) is 6.74. The van der Waals surface area contributed by atoms with Crippen molar-refractivity contribution in [1.82, 2.24) is 15.1 Å². The van der Waals surface area contributed by atoms with Gasteiger partial charge in [-0.25, -0.2) is 0 Å². The monoisotopic (exact) mass is 590 g/mol. The number of carbonyl (C=O) groups excluding carboxylic acids is 1. The molecule has 1 amide bonds. The highest BCUT2D eigenvalue weighted by Gasteiger charge is 2.53.